The number of thioether (sulfide) groups is 1. The molecule has 1 aromatic heterocycles. The van der Waals surface area contributed by atoms with E-state index in [1.165, 1.54) is 11.8 Å². The highest BCUT2D eigenvalue weighted by Crippen LogP contribution is 2.24. The van der Waals surface area contributed by atoms with E-state index >= 15 is 0 Å². The monoisotopic (exact) mass is 425 g/mol. The first-order valence-corrected chi connectivity index (χ1v) is 11.1. The van der Waals surface area contributed by atoms with Crippen LogP contribution in [-0.2, 0) is 4.79 Å². The molecular formula is C23H27N3O3S. The summed E-state index contributed by atoms with van der Waals surface area (Å²) in [5, 5.41) is 1.03. The van der Waals surface area contributed by atoms with E-state index < -0.39 is 0 Å². The molecular weight excluding hydrogens is 398 g/mol. The molecule has 0 fully saturated rings. The number of nitrogens with zero attached hydrogens (tertiary/aromatic N) is 3. The number of hydrogen-bond donors (Lipinski definition) is 0. The molecule has 158 valence electrons. The summed E-state index contributed by atoms with van der Waals surface area (Å²) in [6.07, 6.45) is 1.83. The first-order valence-electron chi connectivity index (χ1n) is 10.2. The highest BCUT2D eigenvalue weighted by atomic mass is 32.2. The van der Waals surface area contributed by atoms with Crippen LogP contribution < -0.4 is 10.3 Å². The zero-order chi connectivity index (χ0) is 21.5. The average molecular weight is 426 g/mol. The van der Waals surface area contributed by atoms with Gasteiger partial charge < -0.3 is 9.64 Å². The third-order valence-corrected chi connectivity index (χ3v) is 5.64. The van der Waals surface area contributed by atoms with Gasteiger partial charge in [0.05, 0.1) is 29.5 Å². The largest absolute Gasteiger partial charge is 0.497 e. The predicted octanol–water partition coefficient (Wildman–Crippen LogP) is 4.14. The first-order chi connectivity index (χ1) is 14.6. The Morgan fingerprint density at radius 1 is 1.10 bits per heavy atom. The molecule has 1 heterocycles. The molecule has 0 bridgehead atoms. The van der Waals surface area contributed by atoms with Gasteiger partial charge in [0.1, 0.15) is 5.75 Å². The minimum Gasteiger partial charge on any atom is -0.497 e. The van der Waals surface area contributed by atoms with Crippen LogP contribution in [0.4, 0.5) is 0 Å². The van der Waals surface area contributed by atoms with Crippen molar-refractivity contribution in [2.24, 2.45) is 0 Å². The van der Waals surface area contributed by atoms with E-state index in [-0.39, 0.29) is 17.2 Å². The van der Waals surface area contributed by atoms with Gasteiger partial charge in [-0.3, -0.25) is 14.2 Å². The van der Waals surface area contributed by atoms with Gasteiger partial charge in [0, 0.05) is 19.2 Å². The van der Waals surface area contributed by atoms with Crippen molar-refractivity contribution in [2.45, 2.75) is 31.8 Å². The summed E-state index contributed by atoms with van der Waals surface area (Å²) in [6, 6.07) is 14.6. The third-order valence-electron chi connectivity index (χ3n) is 4.72. The number of hydrogen-bond acceptors (Lipinski definition) is 5. The number of aromatic nitrogens is 2. The average Bonchev–Trinajstić information content (AvgIpc) is 2.77. The Kier molecular flexibility index (Phi) is 7.52. The van der Waals surface area contributed by atoms with Gasteiger partial charge in [0.25, 0.3) is 5.56 Å². The molecule has 2 aromatic carbocycles. The van der Waals surface area contributed by atoms with Crippen molar-refractivity contribution in [3.05, 3.63) is 58.9 Å². The number of ether oxygens (including phenoxy) is 1. The lowest BCUT2D eigenvalue weighted by atomic mass is 10.2. The van der Waals surface area contributed by atoms with Crippen molar-refractivity contribution >= 4 is 28.6 Å². The van der Waals surface area contributed by atoms with Gasteiger partial charge in [-0.2, -0.15) is 0 Å². The minimum atomic E-state index is -0.164. The van der Waals surface area contributed by atoms with Gasteiger partial charge in [-0.15, -0.1) is 0 Å². The standard InChI is InChI=1S/C23H27N3O3S/c1-4-13-25(14-5-2)21(27)16-30-23-24-20-12-7-6-11-19(20)22(28)26(23)17-9-8-10-18(15-17)29-3/h6-12,15H,4-5,13-14,16H2,1-3H3. The van der Waals surface area contributed by atoms with Crippen LogP contribution >= 0.6 is 11.8 Å². The zero-order valence-electron chi connectivity index (χ0n) is 17.6. The SMILES string of the molecule is CCCN(CCC)C(=O)CSc1nc2ccccc2c(=O)n1-c1cccc(OC)c1. The van der Waals surface area contributed by atoms with Crippen LogP contribution in [0.3, 0.4) is 0 Å². The van der Waals surface area contributed by atoms with E-state index in [1.54, 1.807) is 23.8 Å². The Labute approximate surface area is 180 Å². The van der Waals surface area contributed by atoms with Crippen molar-refractivity contribution in [1.29, 1.82) is 0 Å². The Morgan fingerprint density at radius 3 is 2.53 bits per heavy atom. The molecule has 0 saturated carbocycles. The molecule has 0 radical (unpaired) electrons. The number of rotatable bonds is 9. The van der Waals surface area contributed by atoms with Crippen LogP contribution in [0.15, 0.2) is 58.5 Å². The molecule has 3 aromatic rings. The molecule has 1 amide bonds. The van der Waals surface area contributed by atoms with E-state index in [9.17, 15) is 9.59 Å². The molecule has 0 aliphatic rings. The highest BCUT2D eigenvalue weighted by Gasteiger charge is 2.17. The molecule has 3 rings (SSSR count). The van der Waals surface area contributed by atoms with Gasteiger partial charge in [-0.1, -0.05) is 43.8 Å². The van der Waals surface area contributed by atoms with Crippen LogP contribution in [0.5, 0.6) is 5.75 Å². The van der Waals surface area contributed by atoms with Crippen LogP contribution in [0.25, 0.3) is 16.6 Å². The highest BCUT2D eigenvalue weighted by molar-refractivity contribution is 7.99. The number of methoxy groups -OCH3 is 1. The van der Waals surface area contributed by atoms with Crippen molar-refractivity contribution in [3.8, 4) is 11.4 Å². The van der Waals surface area contributed by atoms with E-state index in [2.05, 4.69) is 13.8 Å². The number of benzene rings is 2. The normalized spacial score (nSPS) is 10.9. The number of fused-ring (bicyclic) bond motifs is 1. The molecule has 0 N–H and O–H groups in total. The molecule has 0 aliphatic heterocycles. The Hall–Kier alpha value is -2.80. The van der Waals surface area contributed by atoms with Crippen molar-refractivity contribution in [1.82, 2.24) is 14.5 Å². The quantitative estimate of drug-likeness (QED) is 0.381. The van der Waals surface area contributed by atoms with Crippen LogP contribution in [0, 0.1) is 0 Å². The summed E-state index contributed by atoms with van der Waals surface area (Å²) in [4.78, 5) is 32.7. The fourth-order valence-corrected chi connectivity index (χ4v) is 4.22. The molecule has 0 aliphatic carbocycles. The molecule has 0 unspecified atom stereocenters. The summed E-state index contributed by atoms with van der Waals surface area (Å²) in [6.45, 7) is 5.60. The van der Waals surface area contributed by atoms with Crippen molar-refractivity contribution in [3.63, 3.8) is 0 Å². The zero-order valence-corrected chi connectivity index (χ0v) is 18.4. The lowest BCUT2D eigenvalue weighted by Gasteiger charge is -2.21. The Morgan fingerprint density at radius 2 is 1.83 bits per heavy atom. The summed E-state index contributed by atoms with van der Waals surface area (Å²) in [7, 11) is 1.59. The van der Waals surface area contributed by atoms with E-state index in [0.29, 0.717) is 27.5 Å². The second kappa shape index (κ2) is 10.3. The summed E-state index contributed by atoms with van der Waals surface area (Å²) in [5.74, 6) is 0.939. The van der Waals surface area contributed by atoms with E-state index in [4.69, 9.17) is 9.72 Å². The van der Waals surface area contributed by atoms with Crippen LogP contribution in [0.2, 0.25) is 0 Å². The minimum absolute atomic E-state index is 0.0586. The Bertz CT molecular complexity index is 1070. The summed E-state index contributed by atoms with van der Waals surface area (Å²) < 4.78 is 6.89. The Balaban J connectivity index is 2.02. The van der Waals surface area contributed by atoms with Crippen LogP contribution in [-0.4, -0.2) is 46.3 Å². The molecule has 0 spiro atoms. The lowest BCUT2D eigenvalue weighted by molar-refractivity contribution is -0.128. The maximum Gasteiger partial charge on any atom is 0.266 e. The van der Waals surface area contributed by atoms with Crippen molar-refractivity contribution < 1.29 is 9.53 Å². The molecule has 6 nitrogen and oxygen atoms in total. The molecule has 0 saturated heterocycles. The van der Waals surface area contributed by atoms with E-state index in [1.807, 2.05) is 41.3 Å². The van der Waals surface area contributed by atoms with Gasteiger partial charge >= 0.3 is 0 Å². The topological polar surface area (TPSA) is 64.4 Å². The van der Waals surface area contributed by atoms with Gasteiger partial charge in [-0.05, 0) is 37.1 Å². The maximum absolute atomic E-state index is 13.3. The maximum atomic E-state index is 13.3. The summed E-state index contributed by atoms with van der Waals surface area (Å²) in [5.41, 5.74) is 1.12. The van der Waals surface area contributed by atoms with E-state index in [0.717, 1.165) is 25.9 Å². The molecule has 7 heteroatoms. The second-order valence-electron chi connectivity index (χ2n) is 6.92. The van der Waals surface area contributed by atoms with Gasteiger partial charge in [0.15, 0.2) is 5.16 Å². The van der Waals surface area contributed by atoms with Gasteiger partial charge in [-0.25, -0.2) is 4.98 Å². The predicted molar refractivity (Wildman–Crippen MR) is 122 cm³/mol. The molecule has 30 heavy (non-hydrogen) atoms. The fourth-order valence-electron chi connectivity index (χ4n) is 3.31. The van der Waals surface area contributed by atoms with Gasteiger partial charge in [0.2, 0.25) is 5.91 Å². The summed E-state index contributed by atoms with van der Waals surface area (Å²) >= 11 is 1.29. The number of carbonyl (C=O) groups excluding carboxylic acids is 1. The first kappa shape index (κ1) is 21.9. The second-order valence-corrected chi connectivity index (χ2v) is 7.87. The van der Waals surface area contributed by atoms with Crippen LogP contribution in [0.1, 0.15) is 26.7 Å². The number of amides is 1. The third kappa shape index (κ3) is 4.84. The number of carbonyl (C=O) groups is 1. The number of para-hydroxylation sites is 1. The molecule has 0 atom stereocenters. The fraction of sp³-hybridized carbons (Fsp3) is 0.348. The lowest BCUT2D eigenvalue weighted by Crippen LogP contribution is -2.34. The van der Waals surface area contributed by atoms with Crippen molar-refractivity contribution in [2.75, 3.05) is 26.0 Å². The smallest absolute Gasteiger partial charge is 0.266 e.